The summed E-state index contributed by atoms with van der Waals surface area (Å²) in [6.07, 6.45) is 1.75. The highest BCUT2D eigenvalue weighted by Crippen LogP contribution is 2.32. The molecule has 1 unspecified atom stereocenters. The number of thiophene rings is 1. The van der Waals surface area contributed by atoms with E-state index in [-0.39, 0.29) is 5.56 Å². The number of piperazine rings is 1. The van der Waals surface area contributed by atoms with Crippen LogP contribution in [0.3, 0.4) is 0 Å². The van der Waals surface area contributed by atoms with Crippen molar-refractivity contribution in [2.75, 3.05) is 29.4 Å². The normalized spacial score (nSPS) is 16.8. The highest BCUT2D eigenvalue weighted by atomic mass is 35.5. The van der Waals surface area contributed by atoms with Crippen LogP contribution >= 0.6 is 22.9 Å². The minimum absolute atomic E-state index is 0.241. The molecule has 8 heteroatoms. The van der Waals surface area contributed by atoms with Crippen LogP contribution in [0.15, 0.2) is 60.9 Å². The molecule has 2 aromatic carbocycles. The first-order chi connectivity index (χ1) is 15.0. The molecule has 1 aliphatic heterocycles. The first-order valence-corrected chi connectivity index (χ1v) is 11.3. The lowest BCUT2D eigenvalue weighted by atomic mass is 10.1. The van der Waals surface area contributed by atoms with Crippen LogP contribution < -0.4 is 9.80 Å². The van der Waals surface area contributed by atoms with Gasteiger partial charge in [-0.15, -0.1) is 11.3 Å². The Balaban J connectivity index is 1.41. The number of benzene rings is 2. The number of halogens is 1. The second-order valence-electron chi connectivity index (χ2n) is 7.71. The summed E-state index contributed by atoms with van der Waals surface area (Å²) in [5.41, 5.74) is 3.96. The zero-order valence-electron chi connectivity index (χ0n) is 16.9. The smallest absolute Gasteiger partial charge is 0.335 e. The molecule has 3 heterocycles. The molecule has 6 nitrogen and oxygen atoms in total. The number of hydrogen-bond donors (Lipinski definition) is 1. The molecule has 0 aliphatic carbocycles. The van der Waals surface area contributed by atoms with Crippen molar-refractivity contribution in [2.45, 2.75) is 13.0 Å². The van der Waals surface area contributed by atoms with Gasteiger partial charge in [-0.1, -0.05) is 17.7 Å². The fourth-order valence-electron chi connectivity index (χ4n) is 4.19. The summed E-state index contributed by atoms with van der Waals surface area (Å²) in [6.45, 7) is 5.05. The summed E-state index contributed by atoms with van der Waals surface area (Å²) in [4.78, 5) is 20.5. The van der Waals surface area contributed by atoms with Crippen LogP contribution in [0.2, 0.25) is 4.34 Å². The zero-order valence-corrected chi connectivity index (χ0v) is 18.5. The van der Waals surface area contributed by atoms with Gasteiger partial charge in [0.1, 0.15) is 6.33 Å². The van der Waals surface area contributed by atoms with Crippen molar-refractivity contribution >= 4 is 50.6 Å². The standard InChI is InChI=1S/C23H21ClN4O2S/c1-15-13-26(22-8-7-21(24)31-22)9-10-27(15)17-3-2-4-18(12-17)28-14-25-19-11-16(23(29)30)5-6-20(19)28/h2-8,11-12,14-15H,9-10,13H2,1H3,(H,29,30). The minimum Gasteiger partial charge on any atom is -0.478 e. The van der Waals surface area contributed by atoms with Gasteiger partial charge in [0.25, 0.3) is 0 Å². The molecule has 1 aliphatic rings. The number of imidazole rings is 1. The third-order valence-electron chi connectivity index (χ3n) is 5.73. The topological polar surface area (TPSA) is 61.6 Å². The van der Waals surface area contributed by atoms with Crippen molar-refractivity contribution in [2.24, 2.45) is 0 Å². The molecule has 0 bridgehead atoms. The van der Waals surface area contributed by atoms with E-state index in [1.807, 2.05) is 22.8 Å². The van der Waals surface area contributed by atoms with Gasteiger partial charge in [0.05, 0.1) is 25.9 Å². The molecule has 0 radical (unpaired) electrons. The molecule has 1 fully saturated rings. The zero-order chi connectivity index (χ0) is 21.5. The Hall–Kier alpha value is -3.03. The van der Waals surface area contributed by atoms with E-state index in [9.17, 15) is 9.90 Å². The van der Waals surface area contributed by atoms with Crippen LogP contribution in [0.25, 0.3) is 16.7 Å². The lowest BCUT2D eigenvalue weighted by Gasteiger charge is -2.41. The maximum Gasteiger partial charge on any atom is 0.335 e. The second kappa shape index (κ2) is 7.90. The summed E-state index contributed by atoms with van der Waals surface area (Å²) in [6, 6.07) is 17.8. The van der Waals surface area contributed by atoms with E-state index in [0.29, 0.717) is 11.6 Å². The molecule has 0 amide bonds. The summed E-state index contributed by atoms with van der Waals surface area (Å²) < 4.78 is 2.82. The number of aromatic carboxylic acids is 1. The van der Waals surface area contributed by atoms with Gasteiger partial charge in [0, 0.05) is 37.1 Å². The Labute approximate surface area is 188 Å². The fourth-order valence-corrected chi connectivity index (χ4v) is 5.26. The van der Waals surface area contributed by atoms with Gasteiger partial charge >= 0.3 is 5.97 Å². The fraction of sp³-hybridized carbons (Fsp3) is 0.217. The van der Waals surface area contributed by atoms with Crippen LogP contribution in [0.1, 0.15) is 17.3 Å². The van der Waals surface area contributed by atoms with Gasteiger partial charge in [-0.25, -0.2) is 9.78 Å². The Kier molecular flexibility index (Phi) is 5.08. The number of aromatic nitrogens is 2. The third-order valence-corrected chi connectivity index (χ3v) is 7.02. The maximum atomic E-state index is 11.2. The number of nitrogens with zero attached hydrogens (tertiary/aromatic N) is 4. The Morgan fingerprint density at radius 3 is 2.71 bits per heavy atom. The molecule has 4 aromatic rings. The van der Waals surface area contributed by atoms with Crippen LogP contribution in [-0.4, -0.2) is 46.3 Å². The van der Waals surface area contributed by atoms with Gasteiger partial charge in [-0.3, -0.25) is 4.57 Å². The Bertz CT molecular complexity index is 1270. The molecule has 1 N–H and O–H groups in total. The van der Waals surface area contributed by atoms with Crippen molar-refractivity contribution in [3.63, 3.8) is 0 Å². The summed E-state index contributed by atoms with van der Waals surface area (Å²) >= 11 is 7.74. The molecular formula is C23H21ClN4O2S. The second-order valence-corrected chi connectivity index (χ2v) is 9.40. The van der Waals surface area contributed by atoms with E-state index in [4.69, 9.17) is 11.6 Å². The highest BCUT2D eigenvalue weighted by Gasteiger charge is 2.25. The number of fused-ring (bicyclic) bond motifs is 1. The molecule has 31 heavy (non-hydrogen) atoms. The molecule has 2 aromatic heterocycles. The number of rotatable bonds is 4. The summed E-state index contributed by atoms with van der Waals surface area (Å²) in [5.74, 6) is -0.948. The molecular weight excluding hydrogens is 432 g/mol. The number of carbonyl (C=O) groups is 1. The molecule has 0 saturated carbocycles. The van der Waals surface area contributed by atoms with Crippen LogP contribution in [0.4, 0.5) is 10.7 Å². The number of anilines is 2. The van der Waals surface area contributed by atoms with Crippen molar-refractivity contribution in [1.82, 2.24) is 9.55 Å². The van der Waals surface area contributed by atoms with E-state index in [1.165, 1.54) is 5.00 Å². The predicted octanol–water partition coefficient (Wildman–Crippen LogP) is 5.15. The van der Waals surface area contributed by atoms with Gasteiger partial charge in [0.15, 0.2) is 0 Å². The summed E-state index contributed by atoms with van der Waals surface area (Å²) in [7, 11) is 0. The average Bonchev–Trinajstić information content (AvgIpc) is 3.39. The van der Waals surface area contributed by atoms with Crippen molar-refractivity contribution in [3.8, 4) is 5.69 Å². The van der Waals surface area contributed by atoms with Gasteiger partial charge in [-0.2, -0.15) is 0 Å². The SMILES string of the molecule is CC1CN(c2ccc(Cl)s2)CCN1c1cccc(-n2cnc3cc(C(=O)O)ccc32)c1. The molecule has 0 spiro atoms. The van der Waals surface area contributed by atoms with Crippen molar-refractivity contribution < 1.29 is 9.90 Å². The first kappa shape index (κ1) is 19.9. The van der Waals surface area contributed by atoms with Crippen molar-refractivity contribution in [1.29, 1.82) is 0 Å². The molecule has 1 atom stereocenters. The maximum absolute atomic E-state index is 11.2. The largest absolute Gasteiger partial charge is 0.478 e. The number of hydrogen-bond acceptors (Lipinski definition) is 5. The van der Waals surface area contributed by atoms with Crippen molar-refractivity contribution in [3.05, 3.63) is 70.8 Å². The molecule has 5 rings (SSSR count). The van der Waals surface area contributed by atoms with Crippen LogP contribution in [0, 0.1) is 0 Å². The number of carboxylic acids is 1. The highest BCUT2D eigenvalue weighted by molar-refractivity contribution is 7.19. The number of carboxylic acid groups (broad SMARTS) is 1. The van der Waals surface area contributed by atoms with Gasteiger partial charge < -0.3 is 14.9 Å². The molecule has 1 saturated heterocycles. The van der Waals surface area contributed by atoms with E-state index in [1.54, 1.807) is 29.8 Å². The van der Waals surface area contributed by atoms with Gasteiger partial charge in [-0.05, 0) is 55.5 Å². The van der Waals surface area contributed by atoms with E-state index in [2.05, 4.69) is 46.0 Å². The summed E-state index contributed by atoms with van der Waals surface area (Å²) in [5, 5.41) is 10.4. The van der Waals surface area contributed by atoms with E-state index >= 15 is 0 Å². The van der Waals surface area contributed by atoms with Crippen LogP contribution in [0.5, 0.6) is 0 Å². The first-order valence-electron chi connectivity index (χ1n) is 10.1. The van der Waals surface area contributed by atoms with Crippen LogP contribution in [-0.2, 0) is 0 Å². The van der Waals surface area contributed by atoms with E-state index < -0.39 is 5.97 Å². The quantitative estimate of drug-likeness (QED) is 0.463. The van der Waals surface area contributed by atoms with E-state index in [0.717, 1.165) is 40.9 Å². The lowest BCUT2D eigenvalue weighted by Crippen LogP contribution is -2.52. The average molecular weight is 453 g/mol. The monoisotopic (exact) mass is 452 g/mol. The molecule has 158 valence electrons. The van der Waals surface area contributed by atoms with Gasteiger partial charge in [0.2, 0.25) is 0 Å². The minimum atomic E-state index is -0.948. The Morgan fingerprint density at radius 1 is 1.13 bits per heavy atom. The third kappa shape index (κ3) is 3.75. The Morgan fingerprint density at radius 2 is 1.97 bits per heavy atom. The predicted molar refractivity (Wildman–Crippen MR) is 126 cm³/mol. The lowest BCUT2D eigenvalue weighted by molar-refractivity contribution is 0.0697.